The molecule has 7 heteroatoms. The normalized spacial score (nSPS) is 15.1. The van der Waals surface area contributed by atoms with E-state index >= 15 is 0 Å². The summed E-state index contributed by atoms with van der Waals surface area (Å²) < 4.78 is 18.9. The quantitative estimate of drug-likeness (QED) is 0.458. The van der Waals surface area contributed by atoms with Crippen LogP contribution >= 0.6 is 0 Å². The van der Waals surface area contributed by atoms with Gasteiger partial charge in [0.25, 0.3) is 11.8 Å². The van der Waals surface area contributed by atoms with Crippen LogP contribution in [0.3, 0.4) is 0 Å². The summed E-state index contributed by atoms with van der Waals surface area (Å²) in [7, 11) is 0. The SMILES string of the molecule is Cc1ccc(C)c(N2C(=O)NC(=O)/C(=C\c3ccc(OCc4cccc(F)c4)cc3)C2=O)c1. The van der Waals surface area contributed by atoms with Crippen LogP contribution in [0.4, 0.5) is 14.9 Å². The van der Waals surface area contributed by atoms with Gasteiger partial charge in [0.05, 0.1) is 5.69 Å². The first-order valence-corrected chi connectivity index (χ1v) is 10.3. The van der Waals surface area contributed by atoms with E-state index in [1.165, 1.54) is 18.2 Å². The topological polar surface area (TPSA) is 75.7 Å². The maximum Gasteiger partial charge on any atom is 0.335 e. The fourth-order valence-corrected chi connectivity index (χ4v) is 3.46. The monoisotopic (exact) mass is 444 g/mol. The van der Waals surface area contributed by atoms with E-state index in [0.717, 1.165) is 16.0 Å². The van der Waals surface area contributed by atoms with E-state index in [1.54, 1.807) is 49.4 Å². The highest BCUT2D eigenvalue weighted by Gasteiger charge is 2.37. The number of ether oxygens (including phenoxy) is 1. The lowest BCUT2D eigenvalue weighted by molar-refractivity contribution is -0.122. The van der Waals surface area contributed by atoms with Crippen LogP contribution in [-0.4, -0.2) is 17.8 Å². The highest BCUT2D eigenvalue weighted by atomic mass is 19.1. The van der Waals surface area contributed by atoms with Crippen LogP contribution < -0.4 is 15.0 Å². The number of rotatable bonds is 5. The summed E-state index contributed by atoms with van der Waals surface area (Å²) >= 11 is 0. The Kier molecular flexibility index (Phi) is 6.04. The highest BCUT2D eigenvalue weighted by Crippen LogP contribution is 2.26. The van der Waals surface area contributed by atoms with Crippen molar-refractivity contribution >= 4 is 29.6 Å². The van der Waals surface area contributed by atoms with Crippen LogP contribution in [0.2, 0.25) is 0 Å². The van der Waals surface area contributed by atoms with Crippen LogP contribution in [-0.2, 0) is 16.2 Å². The van der Waals surface area contributed by atoms with E-state index in [-0.39, 0.29) is 18.0 Å². The molecule has 0 bridgehead atoms. The second-order valence-corrected chi connectivity index (χ2v) is 7.74. The minimum absolute atomic E-state index is 0.149. The Balaban J connectivity index is 1.54. The van der Waals surface area contributed by atoms with Gasteiger partial charge < -0.3 is 4.74 Å². The van der Waals surface area contributed by atoms with Gasteiger partial charge in [-0.2, -0.15) is 0 Å². The molecule has 4 rings (SSSR count). The van der Waals surface area contributed by atoms with E-state index in [1.807, 2.05) is 19.1 Å². The minimum Gasteiger partial charge on any atom is -0.489 e. The predicted octanol–water partition coefficient (Wildman–Crippen LogP) is 4.69. The van der Waals surface area contributed by atoms with Crippen LogP contribution in [0.5, 0.6) is 5.75 Å². The fourth-order valence-electron chi connectivity index (χ4n) is 3.46. The molecule has 1 aliphatic rings. The number of hydrogen-bond donors (Lipinski definition) is 1. The first-order valence-electron chi connectivity index (χ1n) is 10.3. The molecule has 1 saturated heterocycles. The molecule has 0 radical (unpaired) electrons. The number of barbiturate groups is 1. The summed E-state index contributed by atoms with van der Waals surface area (Å²) in [5.74, 6) is -1.23. The van der Waals surface area contributed by atoms with Gasteiger partial charge in [-0.1, -0.05) is 36.4 Å². The summed E-state index contributed by atoms with van der Waals surface area (Å²) in [5, 5.41) is 2.23. The Morgan fingerprint density at radius 3 is 2.45 bits per heavy atom. The molecule has 0 atom stereocenters. The third kappa shape index (κ3) is 4.82. The maximum atomic E-state index is 13.3. The van der Waals surface area contributed by atoms with Gasteiger partial charge in [0.2, 0.25) is 0 Å². The van der Waals surface area contributed by atoms with Crippen molar-refractivity contribution in [3.63, 3.8) is 0 Å². The molecule has 0 unspecified atom stereocenters. The molecular weight excluding hydrogens is 423 g/mol. The lowest BCUT2D eigenvalue weighted by Crippen LogP contribution is -2.54. The average molecular weight is 444 g/mol. The number of hydrogen-bond acceptors (Lipinski definition) is 4. The number of halogens is 1. The average Bonchev–Trinajstić information content (AvgIpc) is 2.78. The first-order chi connectivity index (χ1) is 15.8. The van der Waals surface area contributed by atoms with Crippen molar-refractivity contribution in [2.75, 3.05) is 4.90 Å². The Morgan fingerprint density at radius 1 is 0.970 bits per heavy atom. The van der Waals surface area contributed by atoms with Crippen molar-refractivity contribution < 1.29 is 23.5 Å². The van der Waals surface area contributed by atoms with Crippen molar-refractivity contribution in [3.05, 3.63) is 100 Å². The number of anilines is 1. The molecule has 1 fully saturated rings. The largest absolute Gasteiger partial charge is 0.489 e. The van der Waals surface area contributed by atoms with Gasteiger partial charge in [0.1, 0.15) is 23.7 Å². The Morgan fingerprint density at radius 2 is 1.73 bits per heavy atom. The number of carbonyl (C=O) groups is 3. The molecule has 0 spiro atoms. The molecule has 166 valence electrons. The zero-order valence-corrected chi connectivity index (χ0v) is 18.1. The smallest absolute Gasteiger partial charge is 0.335 e. The molecule has 4 amide bonds. The molecule has 3 aromatic carbocycles. The van der Waals surface area contributed by atoms with Crippen molar-refractivity contribution in [2.24, 2.45) is 0 Å². The van der Waals surface area contributed by atoms with Crippen LogP contribution in [0.25, 0.3) is 6.08 Å². The van der Waals surface area contributed by atoms with E-state index < -0.39 is 17.8 Å². The second kappa shape index (κ2) is 9.08. The number of imide groups is 2. The second-order valence-electron chi connectivity index (χ2n) is 7.74. The maximum absolute atomic E-state index is 13.3. The van der Waals surface area contributed by atoms with E-state index in [0.29, 0.717) is 22.6 Å². The lowest BCUT2D eigenvalue weighted by Gasteiger charge is -2.27. The van der Waals surface area contributed by atoms with Gasteiger partial charge in [-0.05, 0) is 72.5 Å². The molecule has 0 aliphatic carbocycles. The molecule has 1 aliphatic heterocycles. The Hall–Kier alpha value is -4.26. The van der Waals surface area contributed by atoms with E-state index in [9.17, 15) is 18.8 Å². The van der Waals surface area contributed by atoms with Crippen molar-refractivity contribution in [3.8, 4) is 5.75 Å². The van der Waals surface area contributed by atoms with Gasteiger partial charge in [-0.25, -0.2) is 14.1 Å². The third-order valence-corrected chi connectivity index (χ3v) is 5.19. The number of urea groups is 1. The van der Waals surface area contributed by atoms with Gasteiger partial charge >= 0.3 is 6.03 Å². The third-order valence-electron chi connectivity index (χ3n) is 5.19. The zero-order valence-electron chi connectivity index (χ0n) is 18.1. The van der Waals surface area contributed by atoms with Crippen molar-refractivity contribution in [1.82, 2.24) is 5.32 Å². The lowest BCUT2D eigenvalue weighted by atomic mass is 10.0. The molecule has 33 heavy (non-hydrogen) atoms. The summed E-state index contributed by atoms with van der Waals surface area (Å²) in [6.45, 7) is 3.85. The molecular formula is C26H21FN2O4. The number of nitrogens with zero attached hydrogens (tertiary/aromatic N) is 1. The van der Waals surface area contributed by atoms with Gasteiger partial charge in [0, 0.05) is 0 Å². The van der Waals surface area contributed by atoms with Crippen LogP contribution in [0.1, 0.15) is 22.3 Å². The van der Waals surface area contributed by atoms with Crippen LogP contribution in [0, 0.1) is 19.7 Å². The molecule has 1 N–H and O–H groups in total. The number of amides is 4. The number of carbonyl (C=O) groups excluding carboxylic acids is 3. The van der Waals surface area contributed by atoms with Gasteiger partial charge in [-0.3, -0.25) is 14.9 Å². The molecule has 1 heterocycles. The summed E-state index contributed by atoms with van der Waals surface area (Å²) in [5.41, 5.74) is 3.18. The summed E-state index contributed by atoms with van der Waals surface area (Å²) in [6, 6.07) is 17.5. The summed E-state index contributed by atoms with van der Waals surface area (Å²) in [6.07, 6.45) is 1.43. The van der Waals surface area contributed by atoms with Gasteiger partial charge in [-0.15, -0.1) is 0 Å². The van der Waals surface area contributed by atoms with Crippen LogP contribution in [0.15, 0.2) is 72.3 Å². The van der Waals surface area contributed by atoms with E-state index in [2.05, 4.69) is 5.32 Å². The number of nitrogens with one attached hydrogen (secondary N) is 1. The standard InChI is InChI=1S/C26H21FN2O4/c1-16-6-7-17(2)23(12-16)29-25(31)22(24(30)28-26(29)32)14-18-8-10-21(11-9-18)33-15-19-4-3-5-20(27)13-19/h3-14H,15H2,1-2H3,(H,28,30,32)/b22-14+. The zero-order chi connectivity index (χ0) is 23.5. The summed E-state index contributed by atoms with van der Waals surface area (Å²) in [4.78, 5) is 38.9. The Labute approximate surface area is 190 Å². The van der Waals surface area contributed by atoms with Crippen molar-refractivity contribution in [2.45, 2.75) is 20.5 Å². The Bertz CT molecular complexity index is 1280. The molecule has 3 aromatic rings. The van der Waals surface area contributed by atoms with E-state index in [4.69, 9.17) is 4.74 Å². The highest BCUT2D eigenvalue weighted by molar-refractivity contribution is 6.39. The first kappa shape index (κ1) is 22.0. The molecule has 0 saturated carbocycles. The number of aryl methyl sites for hydroxylation is 2. The fraction of sp³-hybridized carbons (Fsp3) is 0.115. The van der Waals surface area contributed by atoms with Crippen molar-refractivity contribution in [1.29, 1.82) is 0 Å². The minimum atomic E-state index is -0.781. The predicted molar refractivity (Wildman–Crippen MR) is 122 cm³/mol. The molecule has 6 nitrogen and oxygen atoms in total. The van der Waals surface area contributed by atoms with Gasteiger partial charge in [0.15, 0.2) is 0 Å². The molecule has 0 aromatic heterocycles. The number of benzene rings is 3.